The van der Waals surface area contributed by atoms with Crippen molar-refractivity contribution in [2.24, 2.45) is 0 Å². The van der Waals surface area contributed by atoms with E-state index < -0.39 is 17.7 Å². The fraction of sp³-hybridized carbons (Fsp3) is 0.350. The Labute approximate surface area is 161 Å². The van der Waals surface area contributed by atoms with E-state index in [0.29, 0.717) is 18.7 Å². The van der Waals surface area contributed by atoms with Crippen LogP contribution in [0.3, 0.4) is 0 Å². The zero-order valence-electron chi connectivity index (χ0n) is 15.5. The van der Waals surface area contributed by atoms with Gasteiger partial charge in [-0.2, -0.15) is 0 Å². The Kier molecular flexibility index (Phi) is 5.15. The lowest BCUT2D eigenvalue weighted by Gasteiger charge is -2.20. The number of amides is 1. The largest absolute Gasteiger partial charge is 0.492 e. The van der Waals surface area contributed by atoms with Crippen LogP contribution < -0.4 is 25.8 Å². The summed E-state index contributed by atoms with van der Waals surface area (Å²) < 4.78 is 33.7. The maximum atomic E-state index is 14.7. The lowest BCUT2D eigenvalue weighted by Crippen LogP contribution is -2.34. The summed E-state index contributed by atoms with van der Waals surface area (Å²) in [5.74, 6) is -0.910. The first kappa shape index (κ1) is 18.6. The van der Waals surface area contributed by atoms with Gasteiger partial charge in [0.2, 0.25) is 5.91 Å². The second kappa shape index (κ2) is 7.73. The van der Waals surface area contributed by atoms with E-state index in [0.717, 1.165) is 18.7 Å². The highest BCUT2D eigenvalue weighted by molar-refractivity contribution is 6.01. The molecule has 6 nitrogen and oxygen atoms in total. The van der Waals surface area contributed by atoms with Gasteiger partial charge >= 0.3 is 0 Å². The van der Waals surface area contributed by atoms with E-state index in [1.54, 1.807) is 18.2 Å². The highest BCUT2D eigenvalue weighted by Gasteiger charge is 2.34. The molecule has 8 heteroatoms. The van der Waals surface area contributed by atoms with Crippen LogP contribution in [0.15, 0.2) is 36.4 Å². The maximum Gasteiger partial charge on any atom is 0.249 e. The molecule has 0 radical (unpaired) electrons. The lowest BCUT2D eigenvalue weighted by atomic mass is 10.00. The first-order valence-electron chi connectivity index (χ1n) is 9.24. The monoisotopic (exact) mass is 388 g/mol. The Morgan fingerprint density at radius 1 is 1.14 bits per heavy atom. The van der Waals surface area contributed by atoms with Crippen LogP contribution in [0.25, 0.3) is 0 Å². The van der Waals surface area contributed by atoms with E-state index in [1.807, 2.05) is 6.07 Å². The van der Waals surface area contributed by atoms with Gasteiger partial charge < -0.3 is 15.0 Å². The third-order valence-corrected chi connectivity index (χ3v) is 5.26. The van der Waals surface area contributed by atoms with Crippen LogP contribution in [-0.4, -0.2) is 38.7 Å². The van der Waals surface area contributed by atoms with E-state index in [-0.39, 0.29) is 23.3 Å². The van der Waals surface area contributed by atoms with Crippen molar-refractivity contribution in [2.45, 2.75) is 18.4 Å². The average molecular weight is 388 g/mol. The van der Waals surface area contributed by atoms with Crippen molar-refractivity contribution in [1.82, 2.24) is 10.9 Å². The number of hydrazine groups is 1. The van der Waals surface area contributed by atoms with Gasteiger partial charge in [-0.3, -0.25) is 15.6 Å². The number of nitrogens with one attached hydrogen (secondary N) is 3. The molecule has 1 atom stereocenters. The van der Waals surface area contributed by atoms with Crippen molar-refractivity contribution >= 4 is 17.3 Å². The highest BCUT2D eigenvalue weighted by atomic mass is 19.1. The fourth-order valence-corrected chi connectivity index (χ4v) is 3.77. The number of hydrogen-bond donors (Lipinski definition) is 3. The number of para-hydroxylation sites is 1. The Bertz CT molecular complexity index is 887. The highest BCUT2D eigenvalue weighted by Crippen LogP contribution is 2.32. The normalized spacial score (nSPS) is 20.0. The molecule has 2 aromatic carbocycles. The zero-order chi connectivity index (χ0) is 19.7. The second-order valence-electron chi connectivity index (χ2n) is 6.97. The molecule has 28 heavy (non-hydrogen) atoms. The van der Waals surface area contributed by atoms with Crippen molar-refractivity contribution in [3.05, 3.63) is 53.6 Å². The van der Waals surface area contributed by atoms with Crippen LogP contribution in [0.2, 0.25) is 0 Å². The molecule has 2 aliphatic rings. The molecule has 148 valence electrons. The second-order valence-corrected chi connectivity index (χ2v) is 6.97. The van der Waals surface area contributed by atoms with Gasteiger partial charge in [0.15, 0.2) is 11.6 Å². The average Bonchev–Trinajstić information content (AvgIpc) is 3.33. The fourth-order valence-electron chi connectivity index (χ4n) is 3.77. The Morgan fingerprint density at radius 3 is 2.64 bits per heavy atom. The number of hydrogen-bond acceptors (Lipinski definition) is 5. The van der Waals surface area contributed by atoms with Gasteiger partial charge in [-0.05, 0) is 36.2 Å². The minimum Gasteiger partial charge on any atom is -0.492 e. The van der Waals surface area contributed by atoms with E-state index >= 15 is 0 Å². The Balaban J connectivity index is 1.51. The van der Waals surface area contributed by atoms with E-state index in [2.05, 4.69) is 16.2 Å². The summed E-state index contributed by atoms with van der Waals surface area (Å²) in [6.45, 7) is 1.86. The molecule has 0 aromatic heterocycles. The van der Waals surface area contributed by atoms with E-state index in [1.165, 1.54) is 24.1 Å². The number of anilines is 2. The van der Waals surface area contributed by atoms with Gasteiger partial charge in [0.25, 0.3) is 0 Å². The molecule has 0 saturated carbocycles. The number of carbonyl (C=O) groups excluding carboxylic acids is 1. The SMILES string of the molecule is COc1c(F)cccc1NC1CCN(c2ccc(C3CNNC3)cc2F)C1=O. The molecule has 0 bridgehead atoms. The summed E-state index contributed by atoms with van der Waals surface area (Å²) >= 11 is 0. The summed E-state index contributed by atoms with van der Waals surface area (Å²) in [5.41, 5.74) is 7.62. The molecule has 1 amide bonds. The van der Waals surface area contributed by atoms with Gasteiger partial charge in [-0.15, -0.1) is 0 Å². The number of ether oxygens (including phenoxy) is 1. The number of rotatable bonds is 5. The number of nitrogens with zero attached hydrogens (tertiary/aromatic N) is 1. The van der Waals surface area contributed by atoms with Crippen LogP contribution in [0.5, 0.6) is 5.75 Å². The van der Waals surface area contributed by atoms with Gasteiger partial charge in [-0.25, -0.2) is 8.78 Å². The van der Waals surface area contributed by atoms with Crippen molar-refractivity contribution in [2.75, 3.05) is 37.0 Å². The topological polar surface area (TPSA) is 65.6 Å². The van der Waals surface area contributed by atoms with Crippen LogP contribution in [0.4, 0.5) is 20.2 Å². The number of halogens is 2. The standard InChI is InChI=1S/C20H22F2N4O2/c1-28-19-14(21)3-2-4-16(19)25-17-7-8-26(20(17)27)18-6-5-12(9-15(18)22)13-10-23-24-11-13/h2-6,9,13,17,23-25H,7-8,10-11H2,1H3. The first-order chi connectivity index (χ1) is 13.6. The van der Waals surface area contributed by atoms with Crippen molar-refractivity contribution in [1.29, 1.82) is 0 Å². The van der Waals surface area contributed by atoms with Gasteiger partial charge in [0.1, 0.15) is 11.9 Å². The predicted molar refractivity (Wildman–Crippen MR) is 102 cm³/mol. The van der Waals surface area contributed by atoms with Gasteiger partial charge in [0.05, 0.1) is 18.5 Å². The molecule has 1 unspecified atom stereocenters. The lowest BCUT2D eigenvalue weighted by molar-refractivity contribution is -0.117. The summed E-state index contributed by atoms with van der Waals surface area (Å²) in [4.78, 5) is 14.3. The number of carbonyl (C=O) groups is 1. The molecule has 2 saturated heterocycles. The van der Waals surface area contributed by atoms with Crippen molar-refractivity contribution < 1.29 is 18.3 Å². The van der Waals surface area contributed by atoms with E-state index in [4.69, 9.17) is 4.74 Å². The molecule has 2 aromatic rings. The molecular weight excluding hydrogens is 366 g/mol. The summed E-state index contributed by atoms with van der Waals surface area (Å²) in [6, 6.07) is 8.93. The molecule has 2 aliphatic heterocycles. The minimum atomic E-state index is -0.571. The predicted octanol–water partition coefficient (Wildman–Crippen LogP) is 2.38. The molecule has 3 N–H and O–H groups in total. The molecule has 0 spiro atoms. The third-order valence-electron chi connectivity index (χ3n) is 5.26. The Morgan fingerprint density at radius 2 is 1.93 bits per heavy atom. The summed E-state index contributed by atoms with van der Waals surface area (Å²) in [5, 5.41) is 3.03. The van der Waals surface area contributed by atoms with Gasteiger partial charge in [-0.1, -0.05) is 12.1 Å². The zero-order valence-corrected chi connectivity index (χ0v) is 15.5. The van der Waals surface area contributed by atoms with Crippen LogP contribution in [0.1, 0.15) is 17.9 Å². The van der Waals surface area contributed by atoms with Gasteiger partial charge in [0, 0.05) is 25.6 Å². The van der Waals surface area contributed by atoms with Crippen molar-refractivity contribution in [3.8, 4) is 5.75 Å². The third kappa shape index (κ3) is 3.41. The maximum absolute atomic E-state index is 14.7. The summed E-state index contributed by atoms with van der Waals surface area (Å²) in [7, 11) is 1.37. The molecular formula is C20H22F2N4O2. The molecule has 2 fully saturated rings. The van der Waals surface area contributed by atoms with E-state index in [9.17, 15) is 13.6 Å². The van der Waals surface area contributed by atoms with Crippen LogP contribution in [-0.2, 0) is 4.79 Å². The first-order valence-corrected chi connectivity index (χ1v) is 9.24. The smallest absolute Gasteiger partial charge is 0.249 e. The minimum absolute atomic E-state index is 0.0584. The quantitative estimate of drug-likeness (QED) is 0.734. The van der Waals surface area contributed by atoms with Crippen LogP contribution >= 0.6 is 0 Å². The summed E-state index contributed by atoms with van der Waals surface area (Å²) in [6.07, 6.45) is 0.482. The Hall–Kier alpha value is -2.71. The molecule has 0 aliphatic carbocycles. The number of methoxy groups -OCH3 is 1. The molecule has 4 rings (SSSR count). The van der Waals surface area contributed by atoms with Crippen LogP contribution in [0, 0.1) is 11.6 Å². The molecule has 2 heterocycles. The van der Waals surface area contributed by atoms with Crippen molar-refractivity contribution in [3.63, 3.8) is 0 Å². The number of benzene rings is 2.